The lowest BCUT2D eigenvalue weighted by atomic mass is 9.97. The zero-order chi connectivity index (χ0) is 11.5. The second-order valence-corrected chi connectivity index (χ2v) is 5.30. The van der Waals surface area contributed by atoms with E-state index in [0.717, 1.165) is 19.4 Å². The first kappa shape index (κ1) is 11.9. The van der Waals surface area contributed by atoms with E-state index in [0.29, 0.717) is 18.5 Å². The number of amides is 1. The largest absolute Gasteiger partial charge is 0.353 e. The molecule has 3 atom stereocenters. The van der Waals surface area contributed by atoms with Crippen LogP contribution >= 0.6 is 0 Å². The van der Waals surface area contributed by atoms with Crippen molar-refractivity contribution in [3.63, 3.8) is 0 Å². The number of rotatable bonds is 3. The Bertz CT molecular complexity index is 255. The van der Waals surface area contributed by atoms with Gasteiger partial charge in [0.25, 0.3) is 0 Å². The van der Waals surface area contributed by atoms with Gasteiger partial charge in [0.1, 0.15) is 0 Å². The number of carbonyl (C=O) groups is 1. The van der Waals surface area contributed by atoms with Crippen molar-refractivity contribution in [2.75, 3.05) is 13.1 Å². The second kappa shape index (κ2) is 5.15. The van der Waals surface area contributed by atoms with E-state index in [2.05, 4.69) is 10.2 Å². The van der Waals surface area contributed by atoms with Crippen molar-refractivity contribution in [3.8, 4) is 0 Å². The minimum atomic E-state index is -0.0356. The SMILES string of the molecule is CC(N)CC(=O)NC1CCN2CCCC2C1. The average molecular weight is 225 g/mol. The normalized spacial score (nSPS) is 32.1. The minimum Gasteiger partial charge on any atom is -0.353 e. The third-order valence-corrected chi connectivity index (χ3v) is 3.69. The van der Waals surface area contributed by atoms with Crippen LogP contribution in [0.15, 0.2) is 0 Å². The lowest BCUT2D eigenvalue weighted by Crippen LogP contribution is -2.48. The molecule has 0 spiro atoms. The molecule has 0 aliphatic carbocycles. The molecule has 3 unspecified atom stereocenters. The minimum absolute atomic E-state index is 0.0356. The summed E-state index contributed by atoms with van der Waals surface area (Å²) in [5, 5.41) is 3.12. The molecule has 92 valence electrons. The van der Waals surface area contributed by atoms with E-state index in [4.69, 9.17) is 5.73 Å². The summed E-state index contributed by atoms with van der Waals surface area (Å²) >= 11 is 0. The van der Waals surface area contributed by atoms with Crippen molar-refractivity contribution >= 4 is 5.91 Å². The van der Waals surface area contributed by atoms with Gasteiger partial charge in [0.2, 0.25) is 5.91 Å². The Labute approximate surface area is 97.6 Å². The average Bonchev–Trinajstić information content (AvgIpc) is 2.63. The van der Waals surface area contributed by atoms with E-state index in [1.165, 1.54) is 19.4 Å². The number of nitrogens with two attached hydrogens (primary N) is 1. The molecule has 4 nitrogen and oxygen atoms in total. The van der Waals surface area contributed by atoms with Gasteiger partial charge < -0.3 is 16.0 Å². The Morgan fingerprint density at radius 3 is 3.06 bits per heavy atom. The van der Waals surface area contributed by atoms with Crippen LogP contribution in [0.2, 0.25) is 0 Å². The van der Waals surface area contributed by atoms with Crippen LogP contribution in [0.5, 0.6) is 0 Å². The van der Waals surface area contributed by atoms with E-state index in [1.54, 1.807) is 0 Å². The highest BCUT2D eigenvalue weighted by molar-refractivity contribution is 5.76. The first-order chi connectivity index (χ1) is 7.65. The van der Waals surface area contributed by atoms with Crippen LogP contribution in [0.4, 0.5) is 0 Å². The van der Waals surface area contributed by atoms with Crippen LogP contribution in [0.25, 0.3) is 0 Å². The molecule has 2 rings (SSSR count). The topological polar surface area (TPSA) is 58.4 Å². The molecule has 0 aromatic carbocycles. The number of carbonyl (C=O) groups excluding carboxylic acids is 1. The third-order valence-electron chi connectivity index (χ3n) is 3.69. The number of fused-ring (bicyclic) bond motifs is 1. The summed E-state index contributed by atoms with van der Waals surface area (Å²) in [6.45, 7) is 4.28. The summed E-state index contributed by atoms with van der Waals surface area (Å²) in [7, 11) is 0. The summed E-state index contributed by atoms with van der Waals surface area (Å²) in [6.07, 6.45) is 5.31. The smallest absolute Gasteiger partial charge is 0.221 e. The lowest BCUT2D eigenvalue weighted by Gasteiger charge is -2.35. The zero-order valence-corrected chi connectivity index (χ0v) is 10.1. The molecular formula is C12H23N3O. The highest BCUT2D eigenvalue weighted by Crippen LogP contribution is 2.26. The van der Waals surface area contributed by atoms with Gasteiger partial charge in [-0.3, -0.25) is 4.79 Å². The summed E-state index contributed by atoms with van der Waals surface area (Å²) in [6, 6.07) is 1.06. The van der Waals surface area contributed by atoms with Gasteiger partial charge in [-0.15, -0.1) is 0 Å². The fraction of sp³-hybridized carbons (Fsp3) is 0.917. The van der Waals surface area contributed by atoms with Gasteiger partial charge in [-0.2, -0.15) is 0 Å². The van der Waals surface area contributed by atoms with Crippen LogP contribution in [0.3, 0.4) is 0 Å². The summed E-state index contributed by atoms with van der Waals surface area (Å²) in [5.41, 5.74) is 5.61. The molecule has 0 aromatic heterocycles. The monoisotopic (exact) mass is 225 g/mol. The molecule has 3 N–H and O–H groups in total. The van der Waals surface area contributed by atoms with Crippen LogP contribution in [0.1, 0.15) is 39.0 Å². The highest BCUT2D eigenvalue weighted by Gasteiger charge is 2.32. The first-order valence-electron chi connectivity index (χ1n) is 6.44. The summed E-state index contributed by atoms with van der Waals surface area (Å²) < 4.78 is 0. The zero-order valence-electron chi connectivity index (χ0n) is 10.1. The second-order valence-electron chi connectivity index (χ2n) is 5.30. The van der Waals surface area contributed by atoms with Crippen molar-refractivity contribution in [2.45, 2.75) is 57.2 Å². The van der Waals surface area contributed by atoms with Crippen molar-refractivity contribution in [1.82, 2.24) is 10.2 Å². The first-order valence-corrected chi connectivity index (χ1v) is 6.44. The molecule has 2 fully saturated rings. The van der Waals surface area contributed by atoms with Crippen LogP contribution < -0.4 is 11.1 Å². The molecule has 4 heteroatoms. The van der Waals surface area contributed by atoms with Crippen molar-refractivity contribution < 1.29 is 4.79 Å². The maximum atomic E-state index is 11.6. The summed E-state index contributed by atoms with van der Waals surface area (Å²) in [4.78, 5) is 14.2. The van der Waals surface area contributed by atoms with Crippen molar-refractivity contribution in [2.24, 2.45) is 5.73 Å². The van der Waals surface area contributed by atoms with E-state index in [9.17, 15) is 4.79 Å². The van der Waals surface area contributed by atoms with Gasteiger partial charge in [0, 0.05) is 31.1 Å². The Hall–Kier alpha value is -0.610. The van der Waals surface area contributed by atoms with Crippen molar-refractivity contribution in [3.05, 3.63) is 0 Å². The van der Waals surface area contributed by atoms with Crippen LogP contribution in [-0.2, 0) is 4.79 Å². The predicted octanol–water partition coefficient (Wildman–Crippen LogP) is 0.467. The molecule has 2 aliphatic rings. The maximum absolute atomic E-state index is 11.6. The molecule has 2 aliphatic heterocycles. The molecule has 0 radical (unpaired) electrons. The Kier molecular flexibility index (Phi) is 3.82. The molecule has 0 saturated carbocycles. The predicted molar refractivity (Wildman–Crippen MR) is 64.0 cm³/mol. The maximum Gasteiger partial charge on any atom is 0.221 e. The molecule has 0 aromatic rings. The molecule has 1 amide bonds. The van der Waals surface area contributed by atoms with Gasteiger partial charge in [-0.1, -0.05) is 0 Å². The molecule has 16 heavy (non-hydrogen) atoms. The number of hydrogen-bond acceptors (Lipinski definition) is 3. The molecule has 2 saturated heterocycles. The Morgan fingerprint density at radius 1 is 1.50 bits per heavy atom. The fourth-order valence-electron chi connectivity index (χ4n) is 2.93. The third kappa shape index (κ3) is 2.95. The van der Waals surface area contributed by atoms with Crippen LogP contribution in [-0.4, -0.2) is 42.0 Å². The standard InChI is InChI=1S/C12H23N3O/c1-9(13)7-12(16)14-10-4-6-15-5-2-3-11(15)8-10/h9-11H,2-8,13H2,1H3,(H,14,16). The fourth-order valence-corrected chi connectivity index (χ4v) is 2.93. The van der Waals surface area contributed by atoms with Gasteiger partial charge in [-0.05, 0) is 39.2 Å². The number of nitrogens with zero attached hydrogens (tertiary/aromatic N) is 1. The van der Waals surface area contributed by atoms with E-state index in [1.807, 2.05) is 6.92 Å². The van der Waals surface area contributed by atoms with Gasteiger partial charge in [0.15, 0.2) is 0 Å². The Morgan fingerprint density at radius 2 is 2.31 bits per heavy atom. The number of piperidine rings is 1. The molecule has 2 heterocycles. The van der Waals surface area contributed by atoms with Gasteiger partial charge in [0.05, 0.1) is 0 Å². The lowest BCUT2D eigenvalue weighted by molar-refractivity contribution is -0.122. The molecule has 0 bridgehead atoms. The quantitative estimate of drug-likeness (QED) is 0.734. The van der Waals surface area contributed by atoms with E-state index in [-0.39, 0.29) is 11.9 Å². The van der Waals surface area contributed by atoms with Gasteiger partial charge in [-0.25, -0.2) is 0 Å². The Balaban J connectivity index is 1.76. The van der Waals surface area contributed by atoms with E-state index < -0.39 is 0 Å². The number of hydrogen-bond donors (Lipinski definition) is 2. The summed E-state index contributed by atoms with van der Waals surface area (Å²) in [5.74, 6) is 0.117. The number of nitrogens with one attached hydrogen (secondary N) is 1. The van der Waals surface area contributed by atoms with Gasteiger partial charge >= 0.3 is 0 Å². The highest BCUT2D eigenvalue weighted by atomic mass is 16.1. The van der Waals surface area contributed by atoms with E-state index >= 15 is 0 Å². The van der Waals surface area contributed by atoms with Crippen LogP contribution in [0, 0.1) is 0 Å². The molecular weight excluding hydrogens is 202 g/mol. The van der Waals surface area contributed by atoms with Crippen molar-refractivity contribution in [1.29, 1.82) is 0 Å².